The fourth-order valence-corrected chi connectivity index (χ4v) is 0.333. The predicted molar refractivity (Wildman–Crippen MR) is 36.9 cm³/mol. The maximum atomic E-state index is 2.18. The van der Waals surface area contributed by atoms with Crippen LogP contribution in [-0.2, 0) is 0 Å². The zero-order valence-electron chi connectivity index (χ0n) is 4.57. The Morgan fingerprint density at radius 2 is 2.00 bits per heavy atom. The van der Waals surface area contributed by atoms with Gasteiger partial charge >= 0.3 is 18.9 Å². The standard InChI is InChI=1S/C6H12.Li.H/c1-3-5-6-4-2;;/h3,5H,4,6H2,1-2H3;;. The van der Waals surface area contributed by atoms with Crippen molar-refractivity contribution >= 4 is 18.9 Å². The zero-order valence-corrected chi connectivity index (χ0v) is 4.57. The number of hydrogen-bond acceptors (Lipinski definition) is 0. The van der Waals surface area contributed by atoms with E-state index in [-0.39, 0.29) is 18.9 Å². The average molecular weight is 92.1 g/mol. The third-order valence-corrected chi connectivity index (χ3v) is 0.691. The minimum atomic E-state index is 0. The molecule has 0 bridgehead atoms. The molecule has 0 N–H and O–H groups in total. The van der Waals surface area contributed by atoms with Gasteiger partial charge in [-0.25, -0.2) is 0 Å². The molecule has 0 aliphatic heterocycles. The number of unbranched alkanes of at least 4 members (excludes halogenated alkanes) is 1. The van der Waals surface area contributed by atoms with Crippen LogP contribution < -0.4 is 0 Å². The van der Waals surface area contributed by atoms with Crippen molar-refractivity contribution in [1.29, 1.82) is 0 Å². The summed E-state index contributed by atoms with van der Waals surface area (Å²) < 4.78 is 0. The fraction of sp³-hybridized carbons (Fsp3) is 0.667. The van der Waals surface area contributed by atoms with Crippen molar-refractivity contribution in [3.8, 4) is 0 Å². The monoisotopic (exact) mass is 92.1 g/mol. The Kier molecular flexibility index (Phi) is 14.2. The van der Waals surface area contributed by atoms with E-state index in [9.17, 15) is 0 Å². The Morgan fingerprint density at radius 3 is 2.14 bits per heavy atom. The normalized spacial score (nSPS) is 8.86. The van der Waals surface area contributed by atoms with Crippen LogP contribution in [0.25, 0.3) is 0 Å². The zero-order chi connectivity index (χ0) is 4.83. The van der Waals surface area contributed by atoms with Gasteiger partial charge in [0.05, 0.1) is 0 Å². The maximum absolute atomic E-state index is 2.18. The quantitative estimate of drug-likeness (QED) is 0.359. The van der Waals surface area contributed by atoms with Crippen molar-refractivity contribution in [2.75, 3.05) is 0 Å². The molecule has 38 valence electrons. The third kappa shape index (κ3) is 10.7. The molecular weight excluding hydrogens is 79.0 g/mol. The predicted octanol–water partition coefficient (Wildman–Crippen LogP) is 1.71. The van der Waals surface area contributed by atoms with Gasteiger partial charge in [-0.05, 0) is 13.3 Å². The van der Waals surface area contributed by atoms with Crippen molar-refractivity contribution in [2.24, 2.45) is 0 Å². The summed E-state index contributed by atoms with van der Waals surface area (Å²) >= 11 is 0. The number of rotatable bonds is 2. The van der Waals surface area contributed by atoms with E-state index >= 15 is 0 Å². The van der Waals surface area contributed by atoms with Gasteiger partial charge in [-0.1, -0.05) is 25.5 Å². The van der Waals surface area contributed by atoms with Gasteiger partial charge in [0, 0.05) is 0 Å². The molecule has 0 unspecified atom stereocenters. The molecule has 0 saturated heterocycles. The Balaban J connectivity index is 0. The second kappa shape index (κ2) is 9.60. The van der Waals surface area contributed by atoms with Crippen molar-refractivity contribution < 1.29 is 0 Å². The second-order valence-electron chi connectivity index (χ2n) is 1.36. The Bertz CT molecular complexity index is 39.4. The molecular formula is C6H13Li. The van der Waals surface area contributed by atoms with Crippen LogP contribution in [0.2, 0.25) is 0 Å². The summed E-state index contributed by atoms with van der Waals surface area (Å²) in [6.07, 6.45) is 6.77. The first-order valence-electron chi connectivity index (χ1n) is 2.53. The summed E-state index contributed by atoms with van der Waals surface area (Å²) in [5, 5.41) is 0. The summed E-state index contributed by atoms with van der Waals surface area (Å²) in [6.45, 7) is 4.23. The van der Waals surface area contributed by atoms with Gasteiger partial charge in [-0.2, -0.15) is 0 Å². The molecule has 7 heavy (non-hydrogen) atoms. The topological polar surface area (TPSA) is 0 Å². The molecule has 0 aliphatic carbocycles. The summed E-state index contributed by atoms with van der Waals surface area (Å²) in [5.41, 5.74) is 0. The van der Waals surface area contributed by atoms with Gasteiger partial charge in [0.2, 0.25) is 0 Å². The van der Waals surface area contributed by atoms with Gasteiger partial charge in [0.15, 0.2) is 0 Å². The van der Waals surface area contributed by atoms with Gasteiger partial charge in [-0.15, -0.1) is 0 Å². The van der Waals surface area contributed by atoms with E-state index in [0.29, 0.717) is 0 Å². The molecule has 0 atom stereocenters. The van der Waals surface area contributed by atoms with Crippen LogP contribution in [0, 0.1) is 0 Å². The van der Waals surface area contributed by atoms with Crippen molar-refractivity contribution in [3.05, 3.63) is 12.2 Å². The Hall–Kier alpha value is 0.337. The van der Waals surface area contributed by atoms with E-state index in [1.165, 1.54) is 12.8 Å². The van der Waals surface area contributed by atoms with Gasteiger partial charge < -0.3 is 0 Å². The molecule has 0 aromatic heterocycles. The van der Waals surface area contributed by atoms with Crippen molar-refractivity contribution in [2.45, 2.75) is 26.7 Å². The molecule has 0 saturated carbocycles. The average Bonchev–Trinajstić information content (AvgIpc) is 1.61. The molecule has 0 aromatic carbocycles. The van der Waals surface area contributed by atoms with Crippen LogP contribution in [0.1, 0.15) is 26.7 Å². The SMILES string of the molecule is CC=CCCC.[LiH]. The molecule has 0 fully saturated rings. The number of hydrogen-bond donors (Lipinski definition) is 0. The van der Waals surface area contributed by atoms with Gasteiger partial charge in [-0.3, -0.25) is 0 Å². The fourth-order valence-electron chi connectivity index (χ4n) is 0.333. The van der Waals surface area contributed by atoms with Crippen molar-refractivity contribution in [3.63, 3.8) is 0 Å². The van der Waals surface area contributed by atoms with Crippen molar-refractivity contribution in [1.82, 2.24) is 0 Å². The van der Waals surface area contributed by atoms with Crippen LogP contribution in [0.15, 0.2) is 12.2 Å². The van der Waals surface area contributed by atoms with E-state index < -0.39 is 0 Å². The molecule has 0 heterocycles. The summed E-state index contributed by atoms with van der Waals surface area (Å²) in [7, 11) is 0. The Labute approximate surface area is 58.2 Å². The second-order valence-corrected chi connectivity index (χ2v) is 1.36. The van der Waals surface area contributed by atoms with Crippen LogP contribution in [0.4, 0.5) is 0 Å². The molecule has 0 radical (unpaired) electrons. The van der Waals surface area contributed by atoms with E-state index in [2.05, 4.69) is 26.0 Å². The molecule has 0 amide bonds. The molecule has 0 aliphatic rings. The van der Waals surface area contributed by atoms with Crippen LogP contribution in [-0.4, -0.2) is 18.9 Å². The van der Waals surface area contributed by atoms with Gasteiger partial charge in [0.1, 0.15) is 0 Å². The van der Waals surface area contributed by atoms with E-state index in [1.807, 2.05) is 0 Å². The first kappa shape index (κ1) is 10.3. The Morgan fingerprint density at radius 1 is 1.43 bits per heavy atom. The minimum absolute atomic E-state index is 0. The summed E-state index contributed by atoms with van der Waals surface area (Å²) in [6, 6.07) is 0. The van der Waals surface area contributed by atoms with Crippen LogP contribution >= 0.6 is 0 Å². The van der Waals surface area contributed by atoms with Gasteiger partial charge in [0.25, 0.3) is 0 Å². The molecule has 0 aromatic rings. The number of allylic oxidation sites excluding steroid dienone is 2. The molecule has 0 rings (SSSR count). The van der Waals surface area contributed by atoms with E-state index in [4.69, 9.17) is 0 Å². The first-order chi connectivity index (χ1) is 2.91. The van der Waals surface area contributed by atoms with E-state index in [0.717, 1.165) is 0 Å². The van der Waals surface area contributed by atoms with Crippen LogP contribution in [0.3, 0.4) is 0 Å². The molecule has 0 spiro atoms. The molecule has 1 heteroatoms. The van der Waals surface area contributed by atoms with Crippen LogP contribution in [0.5, 0.6) is 0 Å². The van der Waals surface area contributed by atoms with E-state index in [1.54, 1.807) is 0 Å². The molecule has 0 nitrogen and oxygen atoms in total. The summed E-state index contributed by atoms with van der Waals surface area (Å²) in [4.78, 5) is 0. The summed E-state index contributed by atoms with van der Waals surface area (Å²) in [5.74, 6) is 0. The first-order valence-corrected chi connectivity index (χ1v) is 2.53. The third-order valence-electron chi connectivity index (χ3n) is 0.691.